The minimum atomic E-state index is -0.227. The van der Waals surface area contributed by atoms with Gasteiger partial charge in [0.05, 0.1) is 6.54 Å². The fourth-order valence-corrected chi connectivity index (χ4v) is 3.65. The number of pyridine rings is 1. The third-order valence-electron chi connectivity index (χ3n) is 5.22. The summed E-state index contributed by atoms with van der Waals surface area (Å²) < 4.78 is 6.09. The van der Waals surface area contributed by atoms with Crippen molar-refractivity contribution in [2.24, 2.45) is 0 Å². The topological polar surface area (TPSA) is 46.3 Å². The third-order valence-corrected chi connectivity index (χ3v) is 5.46. The number of halogens is 1. The zero-order chi connectivity index (χ0) is 20.5. The Morgan fingerprint density at radius 3 is 2.59 bits per heavy atom. The standard InChI is InChI=1S/C24H21ClN2O2/c1-15-10-11-20-17(3)23(29-22(20)16(15)2)24(28)27(21-9-4-5-12-26-21)14-18-7-6-8-19(25)13-18/h4-13H,14H2,1-3H3. The average Bonchev–Trinajstić information content (AvgIpc) is 3.06. The van der Waals surface area contributed by atoms with Crippen LogP contribution in [0.25, 0.3) is 11.0 Å². The highest BCUT2D eigenvalue weighted by Gasteiger charge is 2.26. The lowest BCUT2D eigenvalue weighted by Crippen LogP contribution is -2.31. The van der Waals surface area contributed by atoms with Gasteiger partial charge in [-0.15, -0.1) is 0 Å². The molecule has 4 nitrogen and oxygen atoms in total. The molecule has 29 heavy (non-hydrogen) atoms. The molecule has 0 saturated carbocycles. The van der Waals surface area contributed by atoms with Crippen LogP contribution >= 0.6 is 11.6 Å². The molecule has 0 aliphatic carbocycles. The monoisotopic (exact) mass is 404 g/mol. The number of benzene rings is 2. The Kier molecular flexibility index (Phi) is 5.12. The lowest BCUT2D eigenvalue weighted by molar-refractivity contribution is 0.0959. The van der Waals surface area contributed by atoms with Gasteiger partial charge in [-0.1, -0.05) is 41.9 Å². The van der Waals surface area contributed by atoms with E-state index in [-0.39, 0.29) is 5.91 Å². The van der Waals surface area contributed by atoms with E-state index in [9.17, 15) is 4.79 Å². The molecule has 146 valence electrons. The Bertz CT molecular complexity index is 1200. The van der Waals surface area contributed by atoms with E-state index in [0.717, 1.165) is 33.2 Å². The number of anilines is 1. The minimum absolute atomic E-state index is 0.227. The predicted molar refractivity (Wildman–Crippen MR) is 117 cm³/mol. The molecule has 0 atom stereocenters. The van der Waals surface area contributed by atoms with Crippen molar-refractivity contribution in [1.29, 1.82) is 0 Å². The quantitative estimate of drug-likeness (QED) is 0.403. The Morgan fingerprint density at radius 2 is 1.86 bits per heavy atom. The van der Waals surface area contributed by atoms with E-state index in [1.807, 2.05) is 69.3 Å². The summed E-state index contributed by atoms with van der Waals surface area (Å²) in [5, 5.41) is 1.59. The van der Waals surface area contributed by atoms with Crippen molar-refractivity contribution in [1.82, 2.24) is 4.98 Å². The summed E-state index contributed by atoms with van der Waals surface area (Å²) in [5.74, 6) is 0.668. The van der Waals surface area contributed by atoms with Crippen LogP contribution in [0.15, 0.2) is 65.2 Å². The molecule has 1 amide bonds. The molecule has 0 unspecified atom stereocenters. The first kappa shape index (κ1) is 19.2. The van der Waals surface area contributed by atoms with Crippen molar-refractivity contribution in [3.05, 3.63) is 93.8 Å². The van der Waals surface area contributed by atoms with Gasteiger partial charge < -0.3 is 4.42 Å². The van der Waals surface area contributed by atoms with Crippen LogP contribution in [0.2, 0.25) is 5.02 Å². The summed E-state index contributed by atoms with van der Waals surface area (Å²) in [4.78, 5) is 19.6. The summed E-state index contributed by atoms with van der Waals surface area (Å²) in [6.07, 6.45) is 1.67. The van der Waals surface area contributed by atoms with E-state index < -0.39 is 0 Å². The Balaban J connectivity index is 1.80. The molecule has 0 N–H and O–H groups in total. The van der Waals surface area contributed by atoms with Gasteiger partial charge >= 0.3 is 0 Å². The fourth-order valence-electron chi connectivity index (χ4n) is 3.43. The normalized spacial score (nSPS) is 11.0. The van der Waals surface area contributed by atoms with Crippen molar-refractivity contribution >= 4 is 34.3 Å². The van der Waals surface area contributed by atoms with Gasteiger partial charge in [-0.2, -0.15) is 0 Å². The van der Waals surface area contributed by atoms with Crippen LogP contribution < -0.4 is 4.90 Å². The number of carbonyl (C=O) groups excluding carboxylic acids is 1. The molecule has 0 aliphatic heterocycles. The number of aryl methyl sites for hydroxylation is 3. The summed E-state index contributed by atoms with van der Waals surface area (Å²) in [6, 6.07) is 17.0. The van der Waals surface area contributed by atoms with Crippen LogP contribution in [0, 0.1) is 20.8 Å². The van der Waals surface area contributed by atoms with E-state index in [0.29, 0.717) is 23.1 Å². The van der Waals surface area contributed by atoms with Gasteiger partial charge in [0.15, 0.2) is 5.76 Å². The van der Waals surface area contributed by atoms with Crippen molar-refractivity contribution in [3.8, 4) is 0 Å². The molecule has 0 aliphatic rings. The lowest BCUT2D eigenvalue weighted by atomic mass is 10.0. The second-order valence-electron chi connectivity index (χ2n) is 7.15. The summed E-state index contributed by atoms with van der Waals surface area (Å²) in [5.41, 5.74) is 4.68. The van der Waals surface area contributed by atoms with Crippen molar-refractivity contribution in [2.45, 2.75) is 27.3 Å². The molecule has 4 rings (SSSR count). The van der Waals surface area contributed by atoms with E-state index >= 15 is 0 Å². The van der Waals surface area contributed by atoms with Crippen molar-refractivity contribution in [3.63, 3.8) is 0 Å². The lowest BCUT2D eigenvalue weighted by Gasteiger charge is -2.21. The van der Waals surface area contributed by atoms with Gasteiger partial charge in [-0.25, -0.2) is 4.98 Å². The largest absolute Gasteiger partial charge is 0.450 e. The fraction of sp³-hybridized carbons (Fsp3) is 0.167. The second-order valence-corrected chi connectivity index (χ2v) is 7.59. The molecular formula is C24H21ClN2O2. The maximum atomic E-state index is 13.6. The number of hydrogen-bond acceptors (Lipinski definition) is 3. The Morgan fingerprint density at radius 1 is 1.03 bits per heavy atom. The van der Waals surface area contributed by atoms with Crippen LogP contribution in [0.3, 0.4) is 0 Å². The molecule has 0 radical (unpaired) electrons. The van der Waals surface area contributed by atoms with E-state index in [1.165, 1.54) is 0 Å². The number of rotatable bonds is 4. The average molecular weight is 405 g/mol. The van der Waals surface area contributed by atoms with Gasteiger partial charge in [-0.05, 0) is 61.7 Å². The molecule has 2 aromatic heterocycles. The maximum Gasteiger partial charge on any atom is 0.295 e. The molecule has 4 aromatic rings. The van der Waals surface area contributed by atoms with Crippen molar-refractivity contribution in [2.75, 3.05) is 4.90 Å². The number of amides is 1. The molecule has 2 aromatic carbocycles. The Labute approximate surface area is 174 Å². The number of aromatic nitrogens is 1. The highest BCUT2D eigenvalue weighted by molar-refractivity contribution is 6.30. The van der Waals surface area contributed by atoms with Crippen LogP contribution in [0.5, 0.6) is 0 Å². The van der Waals surface area contributed by atoms with E-state index in [1.54, 1.807) is 11.1 Å². The molecular weight excluding hydrogens is 384 g/mol. The SMILES string of the molecule is Cc1ccc2c(C)c(C(=O)N(Cc3cccc(Cl)c3)c3ccccn3)oc2c1C. The first-order valence-corrected chi connectivity index (χ1v) is 9.80. The molecule has 0 saturated heterocycles. The first-order valence-electron chi connectivity index (χ1n) is 9.42. The number of furan rings is 1. The number of carbonyl (C=O) groups is 1. The van der Waals surface area contributed by atoms with Crippen molar-refractivity contribution < 1.29 is 9.21 Å². The molecule has 0 fully saturated rings. The summed E-state index contributed by atoms with van der Waals surface area (Å²) >= 11 is 6.14. The van der Waals surface area contributed by atoms with E-state index in [4.69, 9.17) is 16.0 Å². The first-order chi connectivity index (χ1) is 14.0. The highest BCUT2D eigenvalue weighted by atomic mass is 35.5. The van der Waals surface area contributed by atoms with Crippen LogP contribution in [-0.4, -0.2) is 10.9 Å². The predicted octanol–water partition coefficient (Wildman–Crippen LogP) is 6.25. The maximum absolute atomic E-state index is 13.6. The van der Waals surface area contributed by atoms with Gasteiger partial charge in [-0.3, -0.25) is 9.69 Å². The molecule has 2 heterocycles. The van der Waals surface area contributed by atoms with E-state index in [2.05, 4.69) is 11.1 Å². The van der Waals surface area contributed by atoms with Gasteiger partial charge in [0.2, 0.25) is 0 Å². The number of fused-ring (bicyclic) bond motifs is 1. The molecule has 0 bridgehead atoms. The summed E-state index contributed by atoms with van der Waals surface area (Å²) in [7, 11) is 0. The highest BCUT2D eigenvalue weighted by Crippen LogP contribution is 2.31. The van der Waals surface area contributed by atoms with Crippen LogP contribution in [0.4, 0.5) is 5.82 Å². The van der Waals surface area contributed by atoms with Gasteiger partial charge in [0.25, 0.3) is 5.91 Å². The minimum Gasteiger partial charge on any atom is -0.450 e. The number of hydrogen-bond donors (Lipinski definition) is 0. The molecule has 5 heteroatoms. The second kappa shape index (κ2) is 7.72. The smallest absolute Gasteiger partial charge is 0.295 e. The van der Waals surface area contributed by atoms with Gasteiger partial charge in [0, 0.05) is 22.2 Å². The number of nitrogens with zero attached hydrogens (tertiary/aromatic N) is 2. The third kappa shape index (κ3) is 3.64. The van der Waals surface area contributed by atoms with Crippen LogP contribution in [0.1, 0.15) is 32.8 Å². The van der Waals surface area contributed by atoms with Crippen LogP contribution in [-0.2, 0) is 6.54 Å². The zero-order valence-electron chi connectivity index (χ0n) is 16.6. The summed E-state index contributed by atoms with van der Waals surface area (Å²) in [6.45, 7) is 6.31. The van der Waals surface area contributed by atoms with Gasteiger partial charge in [0.1, 0.15) is 11.4 Å². The Hall–Kier alpha value is -3.11. The molecule has 0 spiro atoms. The zero-order valence-corrected chi connectivity index (χ0v) is 17.3.